The second-order valence-electron chi connectivity index (χ2n) is 7.66. The second-order valence-corrected chi connectivity index (χ2v) is 8.82. The monoisotopic (exact) mass is 588 g/mol. The van der Waals surface area contributed by atoms with Gasteiger partial charge in [-0.3, -0.25) is 0 Å². The average Bonchev–Trinajstić information content (AvgIpc) is 3.37. The summed E-state index contributed by atoms with van der Waals surface area (Å²) in [5.41, 5.74) is 2.41. The highest BCUT2D eigenvalue weighted by Crippen LogP contribution is 2.34. The Bertz CT molecular complexity index is 905. The first-order valence-electron chi connectivity index (χ1n) is 11.2. The van der Waals surface area contributed by atoms with Crippen molar-refractivity contribution in [3.05, 3.63) is 44.8 Å². The van der Waals surface area contributed by atoms with Gasteiger partial charge in [-0.05, 0) is 65.3 Å². The smallest absolute Gasteiger partial charge is 0.492 e. The molecular formula is C22H28B2FIO8. The first kappa shape index (κ1) is 27.2. The molecule has 0 bridgehead atoms. The molecule has 0 amide bonds. The fourth-order valence-corrected chi connectivity index (χ4v) is 4.91. The summed E-state index contributed by atoms with van der Waals surface area (Å²) < 4.78 is 36.2. The van der Waals surface area contributed by atoms with Gasteiger partial charge in [0.25, 0.3) is 0 Å². The van der Waals surface area contributed by atoms with Crippen LogP contribution in [0.3, 0.4) is 0 Å². The van der Waals surface area contributed by atoms with Crippen LogP contribution in [-0.4, -0.2) is 60.9 Å². The zero-order valence-electron chi connectivity index (χ0n) is 19.0. The van der Waals surface area contributed by atoms with E-state index in [1.165, 1.54) is 12.1 Å². The average molecular weight is 588 g/mol. The summed E-state index contributed by atoms with van der Waals surface area (Å²) in [5, 5.41) is 37.2. The van der Waals surface area contributed by atoms with E-state index < -0.39 is 26.2 Å². The predicted octanol–water partition coefficient (Wildman–Crippen LogP) is 1.20. The molecule has 2 aromatic carbocycles. The minimum absolute atomic E-state index is 0.0467. The molecule has 2 atom stereocenters. The first-order valence-corrected chi connectivity index (χ1v) is 12.2. The lowest BCUT2D eigenvalue weighted by atomic mass is 9.78. The number of aliphatic hydroxyl groups excluding tert-OH is 2. The van der Waals surface area contributed by atoms with E-state index in [-0.39, 0.29) is 32.5 Å². The van der Waals surface area contributed by atoms with E-state index >= 15 is 0 Å². The molecule has 2 unspecified atom stereocenters. The molecule has 34 heavy (non-hydrogen) atoms. The van der Waals surface area contributed by atoms with Crippen molar-refractivity contribution >= 4 is 47.8 Å². The molecule has 2 aliphatic heterocycles. The molecule has 4 rings (SSSR count). The van der Waals surface area contributed by atoms with E-state index in [2.05, 4.69) is 22.6 Å². The van der Waals surface area contributed by atoms with Crippen molar-refractivity contribution in [3.63, 3.8) is 0 Å². The molecule has 0 fully saturated rings. The Labute approximate surface area is 212 Å². The molecule has 0 saturated carbocycles. The van der Waals surface area contributed by atoms with Gasteiger partial charge in [-0.1, -0.05) is 13.8 Å². The maximum Gasteiger partial charge on any atom is 0.495 e. The fourth-order valence-electron chi connectivity index (χ4n) is 4.09. The van der Waals surface area contributed by atoms with Crippen LogP contribution in [0, 0.1) is 9.39 Å². The minimum Gasteiger partial charge on any atom is -0.492 e. The maximum atomic E-state index is 13.7. The quantitative estimate of drug-likeness (QED) is 0.269. The van der Waals surface area contributed by atoms with E-state index in [0.29, 0.717) is 34.4 Å². The number of halogens is 2. The molecule has 184 valence electrons. The Morgan fingerprint density at radius 2 is 1.32 bits per heavy atom. The molecule has 0 aromatic heterocycles. The molecule has 12 heteroatoms. The van der Waals surface area contributed by atoms with Crippen molar-refractivity contribution in [1.82, 2.24) is 0 Å². The summed E-state index contributed by atoms with van der Waals surface area (Å²) in [5.74, 6) is 0.552. The summed E-state index contributed by atoms with van der Waals surface area (Å²) in [7, 11) is -2.10. The van der Waals surface area contributed by atoms with Crippen LogP contribution in [0.15, 0.2) is 24.3 Å². The van der Waals surface area contributed by atoms with Gasteiger partial charge in [0.1, 0.15) is 30.5 Å². The van der Waals surface area contributed by atoms with Crippen molar-refractivity contribution in [2.75, 3.05) is 26.4 Å². The van der Waals surface area contributed by atoms with E-state index in [9.17, 15) is 14.4 Å². The Morgan fingerprint density at radius 3 is 1.82 bits per heavy atom. The summed E-state index contributed by atoms with van der Waals surface area (Å²) >= 11 is 2.23. The van der Waals surface area contributed by atoms with E-state index in [0.717, 1.165) is 15.6 Å². The van der Waals surface area contributed by atoms with E-state index in [4.69, 9.17) is 29.0 Å². The Hall–Kier alpha value is -1.41. The van der Waals surface area contributed by atoms with Gasteiger partial charge in [0.05, 0.1) is 25.4 Å². The molecule has 2 heterocycles. The summed E-state index contributed by atoms with van der Waals surface area (Å²) in [4.78, 5) is 0. The normalized spacial score (nSPS) is 18.4. The van der Waals surface area contributed by atoms with Crippen molar-refractivity contribution < 1.29 is 43.4 Å². The highest BCUT2D eigenvalue weighted by molar-refractivity contribution is 14.1. The van der Waals surface area contributed by atoms with Gasteiger partial charge in [0.2, 0.25) is 0 Å². The topological polar surface area (TPSA) is 118 Å². The number of fused-ring (bicyclic) bond motifs is 2. The molecule has 0 spiro atoms. The molecule has 8 nitrogen and oxygen atoms in total. The Balaban J connectivity index is 0.000000191. The van der Waals surface area contributed by atoms with Gasteiger partial charge in [-0.25, -0.2) is 4.39 Å². The van der Waals surface area contributed by atoms with Crippen molar-refractivity contribution in [1.29, 1.82) is 0 Å². The number of aliphatic hydroxyl groups is 2. The second kappa shape index (κ2) is 12.5. The highest BCUT2D eigenvalue weighted by Gasteiger charge is 2.40. The number of hydrogen-bond acceptors (Lipinski definition) is 8. The van der Waals surface area contributed by atoms with Gasteiger partial charge in [-0.2, -0.15) is 0 Å². The zero-order valence-corrected chi connectivity index (χ0v) is 21.2. The molecule has 4 N–H and O–H groups in total. The van der Waals surface area contributed by atoms with E-state index in [1.807, 2.05) is 19.9 Å². The van der Waals surface area contributed by atoms with Crippen LogP contribution in [-0.2, 0) is 9.31 Å². The lowest BCUT2D eigenvalue weighted by Crippen LogP contribution is -2.30. The Morgan fingerprint density at radius 1 is 0.853 bits per heavy atom. The van der Waals surface area contributed by atoms with Crippen LogP contribution in [0.4, 0.5) is 4.39 Å². The third-order valence-corrected chi connectivity index (χ3v) is 6.49. The largest absolute Gasteiger partial charge is 0.495 e. The standard InChI is InChI=1S/C11H14BFO4.C11H14BIO4/c2*1-2-8-10-7(13)3-4-9(16-6-5-14)11(10)12(15)17-8/h2*3-4,8,14-15H,2,5-6H2,1H3. The number of ether oxygens (including phenoxy) is 2. The zero-order chi connectivity index (χ0) is 24.8. The SMILES string of the molecule is CCC1OB(O)c2c(OCCO)ccc(F)c21.CCC1OB(O)c2c(OCCO)ccc(I)c21. The molecule has 2 aliphatic rings. The lowest BCUT2D eigenvalue weighted by Gasteiger charge is -2.13. The van der Waals surface area contributed by atoms with Crippen molar-refractivity contribution in [2.24, 2.45) is 0 Å². The van der Waals surface area contributed by atoms with Crippen LogP contribution < -0.4 is 20.4 Å². The van der Waals surface area contributed by atoms with Crippen LogP contribution >= 0.6 is 22.6 Å². The minimum atomic E-state index is -1.17. The van der Waals surface area contributed by atoms with Gasteiger partial charge < -0.3 is 39.0 Å². The van der Waals surface area contributed by atoms with Crippen LogP contribution in [0.25, 0.3) is 0 Å². The third-order valence-electron chi connectivity index (χ3n) is 5.55. The molecule has 0 saturated heterocycles. The van der Waals surface area contributed by atoms with Crippen molar-refractivity contribution in [3.8, 4) is 11.5 Å². The lowest BCUT2D eigenvalue weighted by molar-refractivity contribution is 0.183. The van der Waals surface area contributed by atoms with Gasteiger partial charge in [0, 0.05) is 20.1 Å². The van der Waals surface area contributed by atoms with Crippen LogP contribution in [0.2, 0.25) is 0 Å². The summed E-state index contributed by atoms with van der Waals surface area (Å²) in [6, 6.07) is 6.47. The van der Waals surface area contributed by atoms with Gasteiger partial charge >= 0.3 is 14.2 Å². The van der Waals surface area contributed by atoms with Gasteiger partial charge in [0.15, 0.2) is 0 Å². The van der Waals surface area contributed by atoms with Crippen LogP contribution in [0.5, 0.6) is 11.5 Å². The van der Waals surface area contributed by atoms with Crippen LogP contribution in [0.1, 0.15) is 50.0 Å². The predicted molar refractivity (Wildman–Crippen MR) is 134 cm³/mol. The highest BCUT2D eigenvalue weighted by atomic mass is 127. The summed E-state index contributed by atoms with van der Waals surface area (Å²) in [6.45, 7) is 4.00. The number of rotatable bonds is 8. The molecule has 2 aromatic rings. The number of benzene rings is 2. The van der Waals surface area contributed by atoms with Gasteiger partial charge in [-0.15, -0.1) is 0 Å². The van der Waals surface area contributed by atoms with E-state index in [1.54, 1.807) is 6.07 Å². The molecule has 0 aliphatic carbocycles. The molecule has 0 radical (unpaired) electrons. The van der Waals surface area contributed by atoms with Crippen molar-refractivity contribution in [2.45, 2.75) is 38.9 Å². The summed E-state index contributed by atoms with van der Waals surface area (Å²) in [6.07, 6.45) is 0.857. The molecular weight excluding hydrogens is 560 g/mol. The number of hydrogen-bond donors (Lipinski definition) is 4. The third kappa shape index (κ3) is 5.69. The fraction of sp³-hybridized carbons (Fsp3) is 0.455. The first-order chi connectivity index (χ1) is 16.4. The maximum absolute atomic E-state index is 13.7. The Kier molecular flexibility index (Phi) is 10.0.